The molecule has 25 heavy (non-hydrogen) atoms. The topological polar surface area (TPSA) is 39.1 Å². The largest absolute Gasteiger partial charge is 0.484 e. The van der Waals surface area contributed by atoms with Gasteiger partial charge in [0.05, 0.1) is 5.52 Å². The molecule has 4 nitrogen and oxygen atoms in total. The highest BCUT2D eigenvalue weighted by atomic mass is 19.4. The van der Waals surface area contributed by atoms with Crippen LogP contribution in [-0.2, 0) is 13.6 Å². The van der Waals surface area contributed by atoms with Gasteiger partial charge in [-0.25, -0.2) is 9.37 Å². The third-order valence-electron chi connectivity index (χ3n) is 3.66. The third kappa shape index (κ3) is 3.84. The van der Waals surface area contributed by atoms with Crippen molar-refractivity contribution in [3.05, 3.63) is 53.8 Å². The Morgan fingerprint density at radius 2 is 1.88 bits per heavy atom. The van der Waals surface area contributed by atoms with Crippen LogP contribution in [0.1, 0.15) is 5.56 Å². The van der Waals surface area contributed by atoms with Gasteiger partial charge in [0.15, 0.2) is 12.4 Å². The van der Waals surface area contributed by atoms with Gasteiger partial charge in [-0.15, -0.1) is 0 Å². The van der Waals surface area contributed by atoms with E-state index in [1.54, 1.807) is 41.9 Å². The molecule has 2 aromatic carbocycles. The number of aryl methyl sites for hydroxylation is 1. The maximum atomic E-state index is 13.8. The fourth-order valence-corrected chi connectivity index (χ4v) is 2.46. The molecule has 0 fully saturated rings. The zero-order chi connectivity index (χ0) is 18.0. The minimum Gasteiger partial charge on any atom is -0.484 e. The number of alkyl halides is 3. The Labute approximate surface area is 141 Å². The van der Waals surface area contributed by atoms with Crippen molar-refractivity contribution in [1.82, 2.24) is 9.55 Å². The van der Waals surface area contributed by atoms with E-state index >= 15 is 0 Å². The number of fused-ring (bicyclic) bond motifs is 1. The maximum Gasteiger partial charge on any atom is 0.422 e. The number of nitrogens with zero attached hydrogens (tertiary/aromatic N) is 2. The summed E-state index contributed by atoms with van der Waals surface area (Å²) < 4.78 is 57.3. The highest BCUT2D eigenvalue weighted by molar-refractivity contribution is 5.79. The van der Waals surface area contributed by atoms with Crippen molar-refractivity contribution >= 4 is 17.0 Å². The van der Waals surface area contributed by atoms with E-state index < -0.39 is 18.6 Å². The molecule has 0 spiro atoms. The second kappa shape index (κ2) is 6.62. The molecular formula is C17H15F4N3O. The van der Waals surface area contributed by atoms with Gasteiger partial charge in [0, 0.05) is 19.2 Å². The molecule has 1 heterocycles. The van der Waals surface area contributed by atoms with E-state index in [0.29, 0.717) is 17.0 Å². The van der Waals surface area contributed by atoms with Gasteiger partial charge in [-0.3, -0.25) is 0 Å². The van der Waals surface area contributed by atoms with Crippen LogP contribution in [0, 0.1) is 5.82 Å². The number of para-hydroxylation sites is 2. The van der Waals surface area contributed by atoms with Gasteiger partial charge in [0.25, 0.3) is 0 Å². The lowest BCUT2D eigenvalue weighted by Gasteiger charge is -2.13. The Morgan fingerprint density at radius 3 is 2.60 bits per heavy atom. The van der Waals surface area contributed by atoms with Crippen LogP contribution in [0.3, 0.4) is 0 Å². The molecule has 0 radical (unpaired) electrons. The first-order valence-corrected chi connectivity index (χ1v) is 7.47. The quantitative estimate of drug-likeness (QED) is 0.697. The van der Waals surface area contributed by atoms with E-state index in [1.807, 2.05) is 0 Å². The number of nitrogens with one attached hydrogen (secondary N) is 1. The summed E-state index contributed by atoms with van der Waals surface area (Å²) >= 11 is 0. The van der Waals surface area contributed by atoms with E-state index in [-0.39, 0.29) is 17.8 Å². The lowest BCUT2D eigenvalue weighted by Crippen LogP contribution is -2.20. The molecule has 132 valence electrons. The highest BCUT2D eigenvalue weighted by Gasteiger charge is 2.28. The standard InChI is InChI=1S/C17H15F4N3O/c1-24-13-7-4-6-12(18)15(13)23-16(24)22-9-11-5-2-3-8-14(11)25-10-17(19,20)21/h2-8H,9-10H2,1H3,(H,22,23). The molecule has 0 atom stereocenters. The van der Waals surface area contributed by atoms with Gasteiger partial charge in [-0.1, -0.05) is 24.3 Å². The molecule has 3 rings (SSSR count). The predicted octanol–water partition coefficient (Wildman–Crippen LogP) is 4.27. The SMILES string of the molecule is Cn1c(NCc2ccccc2OCC(F)(F)F)nc2c(F)cccc21. The van der Waals surface area contributed by atoms with Gasteiger partial charge >= 0.3 is 6.18 Å². The van der Waals surface area contributed by atoms with Crippen LogP contribution in [0.5, 0.6) is 5.75 Å². The van der Waals surface area contributed by atoms with Crippen molar-refractivity contribution in [2.24, 2.45) is 7.05 Å². The number of anilines is 1. The van der Waals surface area contributed by atoms with E-state index in [4.69, 9.17) is 4.74 Å². The van der Waals surface area contributed by atoms with E-state index in [1.165, 1.54) is 12.1 Å². The number of benzene rings is 2. The molecule has 0 aliphatic heterocycles. The van der Waals surface area contributed by atoms with Crippen molar-refractivity contribution in [2.45, 2.75) is 12.7 Å². The zero-order valence-corrected chi connectivity index (χ0v) is 13.3. The number of imidazole rings is 1. The number of ether oxygens (including phenoxy) is 1. The zero-order valence-electron chi connectivity index (χ0n) is 13.3. The molecule has 3 aromatic rings. The molecule has 0 unspecified atom stereocenters. The van der Waals surface area contributed by atoms with Crippen molar-refractivity contribution in [1.29, 1.82) is 0 Å². The van der Waals surface area contributed by atoms with Crippen molar-refractivity contribution in [3.8, 4) is 5.75 Å². The Bertz CT molecular complexity index is 889. The van der Waals surface area contributed by atoms with E-state index in [2.05, 4.69) is 10.3 Å². The molecule has 0 amide bonds. The summed E-state index contributed by atoms with van der Waals surface area (Å²) in [6.07, 6.45) is -4.41. The summed E-state index contributed by atoms with van der Waals surface area (Å²) in [7, 11) is 1.73. The molecule has 0 saturated carbocycles. The van der Waals surface area contributed by atoms with Gasteiger partial charge < -0.3 is 14.6 Å². The minimum absolute atomic E-state index is 0.136. The van der Waals surface area contributed by atoms with E-state index in [9.17, 15) is 17.6 Å². The molecule has 1 aromatic heterocycles. The Balaban J connectivity index is 1.78. The summed E-state index contributed by atoms with van der Waals surface area (Å²) in [6, 6.07) is 11.1. The van der Waals surface area contributed by atoms with Gasteiger partial charge in [0.2, 0.25) is 5.95 Å². The first kappa shape index (κ1) is 17.1. The Kier molecular flexibility index (Phi) is 4.52. The van der Waals surface area contributed by atoms with Crippen LogP contribution >= 0.6 is 0 Å². The molecule has 0 saturated heterocycles. The normalized spacial score (nSPS) is 11.7. The average molecular weight is 353 g/mol. The van der Waals surface area contributed by atoms with Crippen LogP contribution in [0.4, 0.5) is 23.5 Å². The second-order valence-corrected chi connectivity index (χ2v) is 5.47. The average Bonchev–Trinajstić information content (AvgIpc) is 2.89. The predicted molar refractivity (Wildman–Crippen MR) is 86.0 cm³/mol. The fourth-order valence-electron chi connectivity index (χ4n) is 2.46. The van der Waals surface area contributed by atoms with Gasteiger partial charge in [0.1, 0.15) is 11.3 Å². The number of halogens is 4. The van der Waals surface area contributed by atoms with Crippen LogP contribution in [0.15, 0.2) is 42.5 Å². The monoisotopic (exact) mass is 353 g/mol. The number of hydrogen-bond donors (Lipinski definition) is 1. The Morgan fingerprint density at radius 1 is 1.12 bits per heavy atom. The molecular weight excluding hydrogens is 338 g/mol. The fraction of sp³-hybridized carbons (Fsp3) is 0.235. The number of rotatable bonds is 5. The Hall–Kier alpha value is -2.77. The second-order valence-electron chi connectivity index (χ2n) is 5.47. The number of hydrogen-bond acceptors (Lipinski definition) is 3. The summed E-state index contributed by atoms with van der Waals surface area (Å²) in [5, 5.41) is 3.01. The first-order valence-electron chi connectivity index (χ1n) is 7.47. The van der Waals surface area contributed by atoms with Crippen molar-refractivity contribution in [3.63, 3.8) is 0 Å². The molecule has 8 heteroatoms. The minimum atomic E-state index is -4.41. The lowest BCUT2D eigenvalue weighted by atomic mass is 10.2. The third-order valence-corrected chi connectivity index (χ3v) is 3.66. The lowest BCUT2D eigenvalue weighted by molar-refractivity contribution is -0.153. The molecule has 0 aliphatic rings. The van der Waals surface area contributed by atoms with Crippen molar-refractivity contribution in [2.75, 3.05) is 11.9 Å². The van der Waals surface area contributed by atoms with Crippen LogP contribution in [0.25, 0.3) is 11.0 Å². The highest BCUT2D eigenvalue weighted by Crippen LogP contribution is 2.24. The smallest absolute Gasteiger partial charge is 0.422 e. The number of aromatic nitrogens is 2. The summed E-state index contributed by atoms with van der Waals surface area (Å²) in [6.45, 7) is -1.17. The summed E-state index contributed by atoms with van der Waals surface area (Å²) in [5.74, 6) is 0.109. The van der Waals surface area contributed by atoms with Gasteiger partial charge in [-0.2, -0.15) is 13.2 Å². The molecule has 1 N–H and O–H groups in total. The first-order chi connectivity index (χ1) is 11.8. The van der Waals surface area contributed by atoms with Crippen LogP contribution in [0.2, 0.25) is 0 Å². The summed E-state index contributed by atoms with van der Waals surface area (Å²) in [4.78, 5) is 4.20. The van der Waals surface area contributed by atoms with Crippen molar-refractivity contribution < 1.29 is 22.3 Å². The summed E-state index contributed by atoms with van der Waals surface area (Å²) in [5.41, 5.74) is 1.39. The molecule has 0 bridgehead atoms. The van der Waals surface area contributed by atoms with Gasteiger partial charge in [-0.05, 0) is 18.2 Å². The van der Waals surface area contributed by atoms with Crippen LogP contribution in [-0.4, -0.2) is 22.3 Å². The van der Waals surface area contributed by atoms with Crippen LogP contribution < -0.4 is 10.1 Å². The molecule has 0 aliphatic carbocycles. The maximum absolute atomic E-state index is 13.8. The van der Waals surface area contributed by atoms with E-state index in [0.717, 1.165) is 0 Å².